The van der Waals surface area contributed by atoms with Crippen LogP contribution in [0, 0.1) is 6.92 Å². The average Bonchev–Trinajstić information content (AvgIpc) is 2.96. The summed E-state index contributed by atoms with van der Waals surface area (Å²) in [5, 5.41) is 6.51. The van der Waals surface area contributed by atoms with Crippen molar-refractivity contribution in [1.82, 2.24) is 19.8 Å². The van der Waals surface area contributed by atoms with Gasteiger partial charge in [0.2, 0.25) is 5.95 Å². The standard InChI is InChI=1S/C28H37N7O3S/c1-20-19-29-28(32-27(20)30-21-5-4-6-24(17-21)39(36)37)31-25-8-7-23(18-26(25)38-3)35-15-13-34(14-16-35)22-9-11-33(2)12-10-22/h4-8,17-19,22H,9-16H2,1-3H3,(H,36,37)(H2,29,30,31,32). The van der Waals surface area contributed by atoms with Crippen molar-refractivity contribution < 1.29 is 13.5 Å². The third-order valence-corrected chi connectivity index (χ3v) is 8.24. The van der Waals surface area contributed by atoms with Crippen LogP contribution in [0.3, 0.4) is 0 Å². The van der Waals surface area contributed by atoms with E-state index >= 15 is 0 Å². The molecule has 3 aromatic rings. The predicted octanol–water partition coefficient (Wildman–Crippen LogP) is 4.08. The number of piperidine rings is 1. The maximum absolute atomic E-state index is 11.4. The molecule has 0 aliphatic carbocycles. The molecule has 2 aliphatic rings. The highest BCUT2D eigenvalue weighted by Gasteiger charge is 2.26. The molecule has 11 heteroatoms. The second-order valence-corrected chi connectivity index (χ2v) is 11.2. The minimum atomic E-state index is -2.05. The summed E-state index contributed by atoms with van der Waals surface area (Å²) >= 11 is -2.05. The van der Waals surface area contributed by atoms with Crippen LogP contribution < -0.4 is 20.3 Å². The average molecular weight is 552 g/mol. The summed E-state index contributed by atoms with van der Waals surface area (Å²) in [6.45, 7) is 8.46. The molecule has 3 N–H and O–H groups in total. The fourth-order valence-electron chi connectivity index (χ4n) is 5.25. The second-order valence-electron chi connectivity index (χ2n) is 10.2. The number of piperazine rings is 1. The van der Waals surface area contributed by atoms with E-state index in [0.717, 1.165) is 48.9 Å². The van der Waals surface area contributed by atoms with E-state index in [1.807, 2.05) is 19.1 Å². The Morgan fingerprint density at radius 2 is 1.79 bits per heavy atom. The lowest BCUT2D eigenvalue weighted by Gasteiger charge is -2.43. The van der Waals surface area contributed by atoms with Gasteiger partial charge in [0.25, 0.3) is 0 Å². The largest absolute Gasteiger partial charge is 0.494 e. The monoisotopic (exact) mass is 551 g/mol. The Kier molecular flexibility index (Phi) is 8.61. The zero-order valence-electron chi connectivity index (χ0n) is 22.8. The molecule has 0 amide bonds. The molecule has 1 atom stereocenters. The number of benzene rings is 2. The van der Waals surface area contributed by atoms with E-state index in [1.165, 1.54) is 25.9 Å². The minimum absolute atomic E-state index is 0.318. The van der Waals surface area contributed by atoms with Crippen LogP contribution in [0.15, 0.2) is 53.6 Å². The van der Waals surface area contributed by atoms with Crippen LogP contribution >= 0.6 is 0 Å². The SMILES string of the molecule is COc1cc(N2CCN(C3CCN(C)CC3)CC2)ccc1Nc1ncc(C)c(Nc2cccc(S(=O)O)c2)n1. The van der Waals surface area contributed by atoms with E-state index < -0.39 is 11.1 Å². The lowest BCUT2D eigenvalue weighted by molar-refractivity contribution is 0.115. The van der Waals surface area contributed by atoms with E-state index in [2.05, 4.69) is 54.5 Å². The first-order valence-corrected chi connectivity index (χ1v) is 14.4. The Morgan fingerprint density at radius 1 is 1.03 bits per heavy atom. The van der Waals surface area contributed by atoms with Gasteiger partial charge in [-0.15, -0.1) is 0 Å². The van der Waals surface area contributed by atoms with Gasteiger partial charge in [0, 0.05) is 61.4 Å². The van der Waals surface area contributed by atoms with Crippen molar-refractivity contribution in [3.8, 4) is 5.75 Å². The highest BCUT2D eigenvalue weighted by Crippen LogP contribution is 2.33. The number of hydrogen-bond acceptors (Lipinski definition) is 9. The van der Waals surface area contributed by atoms with E-state index in [0.29, 0.717) is 28.4 Å². The molecule has 1 aromatic heterocycles. The Balaban J connectivity index is 1.25. The summed E-state index contributed by atoms with van der Waals surface area (Å²) in [4.78, 5) is 16.9. The zero-order valence-corrected chi connectivity index (χ0v) is 23.6. The van der Waals surface area contributed by atoms with Gasteiger partial charge in [0.15, 0.2) is 11.1 Å². The molecule has 1 unspecified atom stereocenters. The highest BCUT2D eigenvalue weighted by atomic mass is 32.2. The maximum atomic E-state index is 11.4. The van der Waals surface area contributed by atoms with Gasteiger partial charge in [-0.25, -0.2) is 9.19 Å². The third kappa shape index (κ3) is 6.67. The predicted molar refractivity (Wildman–Crippen MR) is 156 cm³/mol. The molecule has 208 valence electrons. The number of hydrogen-bond donors (Lipinski definition) is 3. The van der Waals surface area contributed by atoms with Gasteiger partial charge < -0.3 is 29.7 Å². The van der Waals surface area contributed by atoms with E-state index in [1.54, 1.807) is 31.5 Å². The minimum Gasteiger partial charge on any atom is -0.494 e. The topological polar surface area (TPSA) is 106 Å². The fraction of sp³-hybridized carbons (Fsp3) is 0.429. The summed E-state index contributed by atoms with van der Waals surface area (Å²) in [6, 6.07) is 13.7. The first-order chi connectivity index (χ1) is 18.9. The number of ether oxygens (including phenoxy) is 1. The summed E-state index contributed by atoms with van der Waals surface area (Å²) in [5.41, 5.74) is 3.44. The number of anilines is 5. The first-order valence-electron chi connectivity index (χ1n) is 13.3. The van der Waals surface area contributed by atoms with Crippen molar-refractivity contribution in [3.63, 3.8) is 0 Å². The van der Waals surface area contributed by atoms with Crippen LogP contribution in [-0.4, -0.2) is 88.0 Å². The number of aryl methyl sites for hydroxylation is 1. The zero-order chi connectivity index (χ0) is 27.4. The maximum Gasteiger partial charge on any atom is 0.229 e. The Labute approximate surface area is 232 Å². The first kappa shape index (κ1) is 27.3. The number of likely N-dealkylation sites (tertiary alicyclic amines) is 1. The number of methoxy groups -OCH3 is 1. The molecule has 39 heavy (non-hydrogen) atoms. The molecule has 2 fully saturated rings. The van der Waals surface area contributed by atoms with Crippen molar-refractivity contribution in [2.75, 3.05) is 69.0 Å². The van der Waals surface area contributed by atoms with Crippen LogP contribution in [-0.2, 0) is 11.1 Å². The van der Waals surface area contributed by atoms with Crippen LogP contribution in [0.25, 0.3) is 0 Å². The molecule has 0 bridgehead atoms. The van der Waals surface area contributed by atoms with Crippen molar-refractivity contribution >= 4 is 39.9 Å². The number of aromatic nitrogens is 2. The molecule has 2 aromatic carbocycles. The number of rotatable bonds is 8. The molecule has 2 saturated heterocycles. The molecule has 10 nitrogen and oxygen atoms in total. The van der Waals surface area contributed by atoms with E-state index in [9.17, 15) is 8.76 Å². The van der Waals surface area contributed by atoms with E-state index in [-0.39, 0.29) is 0 Å². The molecule has 2 aliphatic heterocycles. The second kappa shape index (κ2) is 12.3. The molecule has 3 heterocycles. The van der Waals surface area contributed by atoms with Crippen molar-refractivity contribution in [2.45, 2.75) is 30.7 Å². The van der Waals surface area contributed by atoms with Gasteiger partial charge in [0.05, 0.1) is 17.7 Å². The molecular formula is C28H37N7O3S. The van der Waals surface area contributed by atoms with Crippen molar-refractivity contribution in [1.29, 1.82) is 0 Å². The third-order valence-electron chi connectivity index (χ3n) is 7.59. The number of nitrogens with one attached hydrogen (secondary N) is 2. The van der Waals surface area contributed by atoms with Gasteiger partial charge in [-0.2, -0.15) is 4.98 Å². The summed E-state index contributed by atoms with van der Waals surface area (Å²) in [5.74, 6) is 1.75. The summed E-state index contributed by atoms with van der Waals surface area (Å²) in [7, 11) is 3.88. The van der Waals surface area contributed by atoms with Crippen LogP contribution in [0.5, 0.6) is 5.75 Å². The molecule has 0 saturated carbocycles. The fourth-order valence-corrected chi connectivity index (χ4v) is 5.68. The number of nitrogens with zero attached hydrogens (tertiary/aromatic N) is 5. The van der Waals surface area contributed by atoms with E-state index in [4.69, 9.17) is 4.74 Å². The highest BCUT2D eigenvalue weighted by molar-refractivity contribution is 7.79. The molecule has 0 spiro atoms. The summed E-state index contributed by atoms with van der Waals surface area (Å²) < 4.78 is 26.6. The molecular weight excluding hydrogens is 514 g/mol. The molecule has 0 radical (unpaired) electrons. The van der Waals surface area contributed by atoms with Gasteiger partial charge in [-0.1, -0.05) is 6.07 Å². The van der Waals surface area contributed by atoms with Gasteiger partial charge in [0.1, 0.15) is 11.6 Å². The van der Waals surface area contributed by atoms with Crippen LogP contribution in [0.1, 0.15) is 18.4 Å². The van der Waals surface area contributed by atoms with Crippen LogP contribution in [0.4, 0.5) is 28.8 Å². The van der Waals surface area contributed by atoms with Gasteiger partial charge in [-0.3, -0.25) is 4.90 Å². The quantitative estimate of drug-likeness (QED) is 0.355. The summed E-state index contributed by atoms with van der Waals surface area (Å²) in [6.07, 6.45) is 4.26. The molecule has 5 rings (SSSR count). The lowest BCUT2D eigenvalue weighted by Crippen LogP contribution is -2.53. The van der Waals surface area contributed by atoms with Gasteiger partial charge in [-0.05, 0) is 70.2 Å². The Bertz CT molecular complexity index is 1310. The normalized spacial score (nSPS) is 18.1. The Morgan fingerprint density at radius 3 is 2.51 bits per heavy atom. The lowest BCUT2D eigenvalue weighted by atomic mass is 10.0. The smallest absolute Gasteiger partial charge is 0.229 e. The van der Waals surface area contributed by atoms with Crippen LogP contribution in [0.2, 0.25) is 0 Å². The van der Waals surface area contributed by atoms with Gasteiger partial charge >= 0.3 is 0 Å². The van der Waals surface area contributed by atoms with Crippen molar-refractivity contribution in [3.05, 3.63) is 54.2 Å². The Hall–Kier alpha value is -3.25. The van der Waals surface area contributed by atoms with Crippen molar-refractivity contribution in [2.24, 2.45) is 0 Å².